The summed E-state index contributed by atoms with van der Waals surface area (Å²) in [5, 5.41) is 3.19. The smallest absolute Gasteiger partial charge is 0.118 e. The molecule has 0 atom stereocenters. The number of aryl methyl sites for hydroxylation is 1. The zero-order valence-corrected chi connectivity index (χ0v) is 9.29. The molecule has 0 unspecified atom stereocenters. The molecule has 1 nitrogen and oxygen atoms in total. The first-order chi connectivity index (χ1) is 6.68. The lowest BCUT2D eigenvalue weighted by molar-refractivity contribution is 0.117. The Bertz CT molecular complexity index is 302. The maximum absolute atomic E-state index is 14.2. The molecular weight excluding hydrogens is 197 g/mol. The number of hydrogen-bond donors (Lipinski definition) is 1. The Morgan fingerprint density at radius 2 is 2.14 bits per heavy atom. The second-order valence-corrected chi connectivity index (χ2v) is 5.46. The molecule has 0 aliphatic carbocycles. The number of thiophene rings is 1. The molecule has 0 saturated carbocycles. The van der Waals surface area contributed by atoms with Crippen molar-refractivity contribution in [3.05, 3.63) is 21.9 Å². The van der Waals surface area contributed by atoms with E-state index in [0.29, 0.717) is 19.3 Å². The van der Waals surface area contributed by atoms with Crippen molar-refractivity contribution in [2.24, 2.45) is 0 Å². The lowest BCUT2D eigenvalue weighted by atomic mass is 9.90. The first kappa shape index (κ1) is 10.1. The molecule has 2 rings (SSSR count). The third-order valence-corrected chi connectivity index (χ3v) is 3.79. The summed E-state index contributed by atoms with van der Waals surface area (Å²) >= 11 is 1.72. The van der Waals surface area contributed by atoms with Crippen molar-refractivity contribution in [2.75, 3.05) is 13.1 Å². The summed E-state index contributed by atoms with van der Waals surface area (Å²) in [6, 6.07) is 4.13. The van der Waals surface area contributed by atoms with E-state index in [1.807, 2.05) is 0 Å². The van der Waals surface area contributed by atoms with Crippen LogP contribution in [0.25, 0.3) is 0 Å². The number of nitrogens with one attached hydrogen (secondary N) is 1. The van der Waals surface area contributed by atoms with Crippen LogP contribution in [0, 0.1) is 6.92 Å². The monoisotopic (exact) mass is 213 g/mol. The number of piperidine rings is 1. The molecule has 78 valence electrons. The molecule has 14 heavy (non-hydrogen) atoms. The highest BCUT2D eigenvalue weighted by Gasteiger charge is 2.32. The average molecular weight is 213 g/mol. The van der Waals surface area contributed by atoms with Crippen LogP contribution in [0.5, 0.6) is 0 Å². The van der Waals surface area contributed by atoms with E-state index < -0.39 is 5.67 Å². The maximum atomic E-state index is 14.2. The van der Waals surface area contributed by atoms with Gasteiger partial charge in [-0.15, -0.1) is 11.3 Å². The van der Waals surface area contributed by atoms with Gasteiger partial charge in [-0.05, 0) is 45.0 Å². The van der Waals surface area contributed by atoms with Gasteiger partial charge in [0.25, 0.3) is 0 Å². The minimum Gasteiger partial charge on any atom is -0.316 e. The van der Waals surface area contributed by atoms with Crippen molar-refractivity contribution in [3.63, 3.8) is 0 Å². The highest BCUT2D eigenvalue weighted by atomic mass is 32.1. The predicted octanol–water partition coefficient (Wildman–Crippen LogP) is 2.69. The van der Waals surface area contributed by atoms with E-state index in [9.17, 15) is 4.39 Å². The molecule has 1 aromatic rings. The zero-order chi connectivity index (χ0) is 10.0. The van der Waals surface area contributed by atoms with Gasteiger partial charge in [-0.1, -0.05) is 0 Å². The maximum Gasteiger partial charge on any atom is 0.118 e. The number of hydrogen-bond acceptors (Lipinski definition) is 2. The first-order valence-corrected chi connectivity index (χ1v) is 5.95. The van der Waals surface area contributed by atoms with Gasteiger partial charge in [-0.3, -0.25) is 0 Å². The van der Waals surface area contributed by atoms with Crippen LogP contribution >= 0.6 is 11.3 Å². The quantitative estimate of drug-likeness (QED) is 0.796. The van der Waals surface area contributed by atoms with Crippen LogP contribution in [-0.4, -0.2) is 18.8 Å². The fourth-order valence-electron chi connectivity index (χ4n) is 1.94. The summed E-state index contributed by atoms with van der Waals surface area (Å²) in [7, 11) is 0. The van der Waals surface area contributed by atoms with E-state index in [0.717, 1.165) is 13.1 Å². The standard InChI is InChI=1S/C11H16FNS/c1-9-2-3-10(14-9)8-11(12)4-6-13-7-5-11/h2-3,13H,4-8H2,1H3. The molecular formula is C11H16FNS. The van der Waals surface area contributed by atoms with Gasteiger partial charge in [0.15, 0.2) is 0 Å². The van der Waals surface area contributed by atoms with Crippen LogP contribution in [0.1, 0.15) is 22.6 Å². The van der Waals surface area contributed by atoms with Crippen molar-refractivity contribution >= 4 is 11.3 Å². The second-order valence-electron chi connectivity index (χ2n) is 4.09. The van der Waals surface area contributed by atoms with E-state index in [-0.39, 0.29) is 0 Å². The Kier molecular flexibility index (Phi) is 2.88. The summed E-state index contributed by atoms with van der Waals surface area (Å²) < 4.78 is 14.2. The predicted molar refractivity (Wildman–Crippen MR) is 58.7 cm³/mol. The van der Waals surface area contributed by atoms with Crippen molar-refractivity contribution in [1.82, 2.24) is 5.32 Å². The third kappa shape index (κ3) is 2.34. The fourth-order valence-corrected chi connectivity index (χ4v) is 2.96. The normalized spacial score (nSPS) is 21.0. The van der Waals surface area contributed by atoms with Gasteiger partial charge in [-0.25, -0.2) is 4.39 Å². The largest absolute Gasteiger partial charge is 0.316 e. The summed E-state index contributed by atoms with van der Waals surface area (Å²) in [5.74, 6) is 0. The molecule has 0 aromatic carbocycles. The SMILES string of the molecule is Cc1ccc(CC2(F)CCNCC2)s1. The van der Waals surface area contributed by atoms with E-state index in [1.165, 1.54) is 9.75 Å². The summed E-state index contributed by atoms with van der Waals surface area (Å²) in [6.07, 6.45) is 1.92. The van der Waals surface area contributed by atoms with E-state index in [4.69, 9.17) is 0 Å². The van der Waals surface area contributed by atoms with Crippen molar-refractivity contribution in [2.45, 2.75) is 31.9 Å². The van der Waals surface area contributed by atoms with Crippen LogP contribution in [0.3, 0.4) is 0 Å². The third-order valence-electron chi connectivity index (χ3n) is 2.79. The van der Waals surface area contributed by atoms with Crippen molar-refractivity contribution < 1.29 is 4.39 Å². The Hall–Kier alpha value is -0.410. The highest BCUT2D eigenvalue weighted by Crippen LogP contribution is 2.30. The van der Waals surface area contributed by atoms with E-state index >= 15 is 0 Å². The molecule has 0 spiro atoms. The minimum absolute atomic E-state index is 0.604. The fraction of sp³-hybridized carbons (Fsp3) is 0.636. The van der Waals surface area contributed by atoms with Gasteiger partial charge in [0, 0.05) is 16.2 Å². The summed E-state index contributed by atoms with van der Waals surface area (Å²) in [5.41, 5.74) is -0.956. The molecule has 2 heterocycles. The molecule has 1 aliphatic rings. The van der Waals surface area contributed by atoms with Crippen LogP contribution in [-0.2, 0) is 6.42 Å². The van der Waals surface area contributed by atoms with E-state index in [2.05, 4.69) is 24.4 Å². The lowest BCUT2D eigenvalue weighted by Gasteiger charge is -2.29. The van der Waals surface area contributed by atoms with Crippen LogP contribution in [0.4, 0.5) is 4.39 Å². The van der Waals surface area contributed by atoms with Crippen LogP contribution in [0.15, 0.2) is 12.1 Å². The van der Waals surface area contributed by atoms with Crippen molar-refractivity contribution in [1.29, 1.82) is 0 Å². The van der Waals surface area contributed by atoms with Gasteiger partial charge in [0.05, 0.1) is 0 Å². The Labute approximate surface area is 88.3 Å². The number of rotatable bonds is 2. The molecule has 0 radical (unpaired) electrons. The topological polar surface area (TPSA) is 12.0 Å². The molecule has 1 fully saturated rings. The van der Waals surface area contributed by atoms with Gasteiger partial charge >= 0.3 is 0 Å². The zero-order valence-electron chi connectivity index (χ0n) is 8.48. The van der Waals surface area contributed by atoms with E-state index in [1.54, 1.807) is 11.3 Å². The van der Waals surface area contributed by atoms with Crippen LogP contribution in [0.2, 0.25) is 0 Å². The number of alkyl halides is 1. The Morgan fingerprint density at radius 3 is 2.71 bits per heavy atom. The number of halogens is 1. The van der Waals surface area contributed by atoms with Gasteiger partial charge < -0.3 is 5.32 Å². The Morgan fingerprint density at radius 1 is 1.43 bits per heavy atom. The lowest BCUT2D eigenvalue weighted by Crippen LogP contribution is -2.39. The molecule has 1 aromatic heterocycles. The molecule has 1 aliphatic heterocycles. The minimum atomic E-state index is -0.956. The van der Waals surface area contributed by atoms with Gasteiger partial charge in [-0.2, -0.15) is 0 Å². The van der Waals surface area contributed by atoms with Crippen LogP contribution < -0.4 is 5.32 Å². The Balaban J connectivity index is 2.01. The summed E-state index contributed by atoms with van der Waals surface area (Å²) in [4.78, 5) is 2.46. The molecule has 0 amide bonds. The molecule has 3 heteroatoms. The van der Waals surface area contributed by atoms with Crippen molar-refractivity contribution in [3.8, 4) is 0 Å². The average Bonchev–Trinajstić information content (AvgIpc) is 2.51. The van der Waals surface area contributed by atoms with Gasteiger partial charge in [0.2, 0.25) is 0 Å². The summed E-state index contributed by atoms with van der Waals surface area (Å²) in [6.45, 7) is 3.71. The molecule has 0 bridgehead atoms. The highest BCUT2D eigenvalue weighted by molar-refractivity contribution is 7.11. The second kappa shape index (κ2) is 3.99. The first-order valence-electron chi connectivity index (χ1n) is 5.13. The molecule has 1 N–H and O–H groups in total. The molecule has 1 saturated heterocycles. The van der Waals surface area contributed by atoms with Gasteiger partial charge in [0.1, 0.15) is 5.67 Å².